The summed E-state index contributed by atoms with van der Waals surface area (Å²) in [6.45, 7) is 3.34. The average Bonchev–Trinajstić information content (AvgIpc) is 2.73. The Kier molecular flexibility index (Phi) is 3.62. The van der Waals surface area contributed by atoms with Gasteiger partial charge in [-0.2, -0.15) is 4.98 Å². The van der Waals surface area contributed by atoms with E-state index in [0.29, 0.717) is 28.1 Å². The maximum Gasteiger partial charge on any atom is 0.223 e. The Morgan fingerprint density at radius 1 is 1.50 bits per heavy atom. The third kappa shape index (κ3) is 2.87. The predicted molar refractivity (Wildman–Crippen MR) is 64.8 cm³/mol. The average molecular weight is 267 g/mol. The zero-order valence-electron chi connectivity index (χ0n) is 9.94. The van der Waals surface area contributed by atoms with Gasteiger partial charge in [0.15, 0.2) is 12.4 Å². The van der Waals surface area contributed by atoms with Gasteiger partial charge in [-0.25, -0.2) is 0 Å². The number of ether oxygens (including phenoxy) is 1. The van der Waals surface area contributed by atoms with Crippen molar-refractivity contribution in [2.45, 2.75) is 20.5 Å². The van der Waals surface area contributed by atoms with Crippen LogP contribution in [0.15, 0.2) is 22.7 Å². The van der Waals surface area contributed by atoms with E-state index >= 15 is 0 Å². The summed E-state index contributed by atoms with van der Waals surface area (Å²) in [4.78, 5) is 15.2. The molecular formula is C12H11ClN2O3. The lowest BCUT2D eigenvalue weighted by Crippen LogP contribution is -1.99. The van der Waals surface area contributed by atoms with Crippen LogP contribution in [0, 0.1) is 6.92 Å². The highest BCUT2D eigenvalue weighted by Crippen LogP contribution is 2.26. The molecule has 1 heterocycles. The number of ketones is 1. The fourth-order valence-electron chi connectivity index (χ4n) is 1.38. The lowest BCUT2D eigenvalue weighted by Gasteiger charge is -2.06. The van der Waals surface area contributed by atoms with Crippen LogP contribution in [0.2, 0.25) is 5.02 Å². The van der Waals surface area contributed by atoms with Crippen LogP contribution in [0.4, 0.5) is 0 Å². The van der Waals surface area contributed by atoms with Gasteiger partial charge in [0, 0.05) is 12.5 Å². The maximum absolute atomic E-state index is 11.2. The normalized spacial score (nSPS) is 10.4. The molecule has 1 aromatic carbocycles. The van der Waals surface area contributed by atoms with Gasteiger partial charge in [-0.05, 0) is 25.1 Å². The second-order valence-electron chi connectivity index (χ2n) is 3.72. The molecule has 1 aromatic heterocycles. The van der Waals surface area contributed by atoms with Crippen molar-refractivity contribution in [3.05, 3.63) is 40.5 Å². The van der Waals surface area contributed by atoms with E-state index in [0.717, 1.165) is 0 Å². The van der Waals surface area contributed by atoms with E-state index in [1.807, 2.05) is 0 Å². The number of hydrogen-bond donors (Lipinski definition) is 0. The van der Waals surface area contributed by atoms with Crippen LogP contribution in [0.5, 0.6) is 5.75 Å². The highest BCUT2D eigenvalue weighted by molar-refractivity contribution is 6.32. The number of nitrogens with zero attached hydrogens (tertiary/aromatic N) is 2. The van der Waals surface area contributed by atoms with Crippen molar-refractivity contribution in [1.82, 2.24) is 10.1 Å². The fraction of sp³-hybridized carbons (Fsp3) is 0.250. The molecular weight excluding hydrogens is 256 g/mol. The summed E-state index contributed by atoms with van der Waals surface area (Å²) < 4.78 is 10.3. The molecule has 0 saturated carbocycles. The molecule has 5 nitrogen and oxygen atoms in total. The minimum atomic E-state index is -0.0442. The highest BCUT2D eigenvalue weighted by Gasteiger charge is 2.08. The summed E-state index contributed by atoms with van der Waals surface area (Å²) in [6.07, 6.45) is 0. The molecule has 0 aliphatic rings. The monoisotopic (exact) mass is 266 g/mol. The molecule has 2 rings (SSSR count). The van der Waals surface area contributed by atoms with Crippen LogP contribution >= 0.6 is 11.6 Å². The summed E-state index contributed by atoms with van der Waals surface area (Å²) in [7, 11) is 0. The van der Waals surface area contributed by atoms with Crippen molar-refractivity contribution in [2.24, 2.45) is 0 Å². The zero-order valence-corrected chi connectivity index (χ0v) is 10.7. The molecule has 0 saturated heterocycles. The molecule has 2 aromatic rings. The van der Waals surface area contributed by atoms with Crippen LogP contribution in [-0.4, -0.2) is 15.9 Å². The quantitative estimate of drug-likeness (QED) is 0.796. The highest BCUT2D eigenvalue weighted by atomic mass is 35.5. The van der Waals surface area contributed by atoms with E-state index in [1.54, 1.807) is 25.1 Å². The zero-order chi connectivity index (χ0) is 13.1. The Morgan fingerprint density at radius 3 is 2.83 bits per heavy atom. The molecule has 0 bridgehead atoms. The van der Waals surface area contributed by atoms with Crippen LogP contribution in [0.25, 0.3) is 0 Å². The molecule has 0 amide bonds. The summed E-state index contributed by atoms with van der Waals surface area (Å²) in [5.74, 6) is 1.35. The van der Waals surface area contributed by atoms with Gasteiger partial charge in [-0.15, -0.1) is 0 Å². The van der Waals surface area contributed by atoms with E-state index in [1.165, 1.54) is 6.92 Å². The molecule has 18 heavy (non-hydrogen) atoms. The number of aromatic nitrogens is 2. The number of hydrogen-bond acceptors (Lipinski definition) is 5. The number of rotatable bonds is 4. The van der Waals surface area contributed by atoms with Crippen molar-refractivity contribution >= 4 is 17.4 Å². The lowest BCUT2D eigenvalue weighted by molar-refractivity contribution is 0.101. The molecule has 94 valence electrons. The van der Waals surface area contributed by atoms with Crippen LogP contribution in [0.3, 0.4) is 0 Å². The number of halogens is 1. The summed E-state index contributed by atoms with van der Waals surface area (Å²) in [6, 6.07) is 4.87. The van der Waals surface area contributed by atoms with Crippen molar-refractivity contribution in [3.8, 4) is 5.75 Å². The van der Waals surface area contributed by atoms with E-state index in [2.05, 4.69) is 10.1 Å². The van der Waals surface area contributed by atoms with Gasteiger partial charge in [-0.1, -0.05) is 16.8 Å². The molecule has 0 radical (unpaired) electrons. The van der Waals surface area contributed by atoms with Gasteiger partial charge in [0.05, 0.1) is 5.02 Å². The number of aryl methyl sites for hydroxylation is 1. The first-order valence-electron chi connectivity index (χ1n) is 5.29. The Labute approximate surface area is 109 Å². The number of benzene rings is 1. The molecule has 0 fully saturated rings. The Morgan fingerprint density at radius 2 is 2.28 bits per heavy atom. The van der Waals surface area contributed by atoms with E-state index < -0.39 is 0 Å². The minimum Gasteiger partial charge on any atom is -0.484 e. The molecule has 0 aliphatic carbocycles. The van der Waals surface area contributed by atoms with Crippen LogP contribution < -0.4 is 4.74 Å². The third-order valence-electron chi connectivity index (χ3n) is 2.26. The minimum absolute atomic E-state index is 0.0442. The number of Topliss-reactive ketones (excluding diaryl/α,β-unsaturated/α-hetero) is 1. The second-order valence-corrected chi connectivity index (χ2v) is 4.13. The van der Waals surface area contributed by atoms with Crippen molar-refractivity contribution < 1.29 is 14.1 Å². The van der Waals surface area contributed by atoms with E-state index in [-0.39, 0.29) is 12.4 Å². The molecule has 0 atom stereocenters. The fourth-order valence-corrected chi connectivity index (χ4v) is 1.61. The maximum atomic E-state index is 11.2. The Bertz CT molecular complexity index is 580. The van der Waals surface area contributed by atoms with Crippen molar-refractivity contribution in [3.63, 3.8) is 0 Å². The first-order valence-corrected chi connectivity index (χ1v) is 5.66. The summed E-state index contributed by atoms with van der Waals surface area (Å²) in [5, 5.41) is 4.08. The molecule has 0 spiro atoms. The smallest absolute Gasteiger partial charge is 0.223 e. The van der Waals surface area contributed by atoms with Crippen LogP contribution in [-0.2, 0) is 6.61 Å². The van der Waals surface area contributed by atoms with Crippen molar-refractivity contribution in [1.29, 1.82) is 0 Å². The molecule has 6 heteroatoms. The van der Waals surface area contributed by atoms with Gasteiger partial charge in [0.1, 0.15) is 5.75 Å². The molecule has 0 unspecified atom stereocenters. The van der Waals surface area contributed by atoms with E-state index in [4.69, 9.17) is 20.9 Å². The predicted octanol–water partition coefficient (Wildman–Crippen LogP) is 2.81. The molecule has 0 N–H and O–H groups in total. The van der Waals surface area contributed by atoms with Gasteiger partial charge in [0.2, 0.25) is 11.7 Å². The Hall–Kier alpha value is -1.88. The SMILES string of the molecule is CC(=O)c1ccc(OCc2noc(C)n2)c(Cl)c1. The van der Waals surface area contributed by atoms with Crippen LogP contribution in [0.1, 0.15) is 29.0 Å². The number of carbonyl (C=O) groups is 1. The van der Waals surface area contributed by atoms with Gasteiger partial charge < -0.3 is 9.26 Å². The first-order chi connectivity index (χ1) is 8.56. The second kappa shape index (κ2) is 5.18. The lowest BCUT2D eigenvalue weighted by atomic mass is 10.1. The number of carbonyl (C=O) groups excluding carboxylic acids is 1. The molecule has 0 aliphatic heterocycles. The van der Waals surface area contributed by atoms with Gasteiger partial charge in [-0.3, -0.25) is 4.79 Å². The van der Waals surface area contributed by atoms with Gasteiger partial charge in [0.25, 0.3) is 0 Å². The summed E-state index contributed by atoms with van der Waals surface area (Å²) in [5.41, 5.74) is 0.544. The first kappa shape index (κ1) is 12.6. The van der Waals surface area contributed by atoms with Gasteiger partial charge >= 0.3 is 0 Å². The topological polar surface area (TPSA) is 65.2 Å². The Balaban J connectivity index is 2.08. The third-order valence-corrected chi connectivity index (χ3v) is 2.56. The van der Waals surface area contributed by atoms with Crippen molar-refractivity contribution in [2.75, 3.05) is 0 Å². The largest absolute Gasteiger partial charge is 0.484 e. The van der Waals surface area contributed by atoms with E-state index in [9.17, 15) is 4.79 Å². The summed E-state index contributed by atoms with van der Waals surface area (Å²) >= 11 is 6.00. The standard InChI is InChI=1S/C12H11ClN2O3/c1-7(16)9-3-4-11(10(13)5-9)17-6-12-14-8(2)18-15-12/h3-5H,6H2,1-2H3.